The summed E-state index contributed by atoms with van der Waals surface area (Å²) in [6.07, 6.45) is 0.0993. The fourth-order valence-electron chi connectivity index (χ4n) is 3.30. The second-order valence-electron chi connectivity index (χ2n) is 6.78. The summed E-state index contributed by atoms with van der Waals surface area (Å²) in [5.74, 6) is -1.37. The molecule has 23 heavy (non-hydrogen) atoms. The van der Waals surface area contributed by atoms with Crippen molar-refractivity contribution >= 4 is 11.9 Å². The minimum absolute atomic E-state index is 0.178. The Hall–Kier alpha value is -1.88. The molecule has 1 aliphatic carbocycles. The number of carboxylic acids is 1. The van der Waals surface area contributed by atoms with Gasteiger partial charge in [0.15, 0.2) is 0 Å². The molecule has 2 N–H and O–H groups in total. The largest absolute Gasteiger partial charge is 0.479 e. The van der Waals surface area contributed by atoms with Crippen LogP contribution in [0.15, 0.2) is 18.2 Å². The molecule has 0 aliphatic heterocycles. The van der Waals surface area contributed by atoms with Crippen LogP contribution in [-0.4, -0.2) is 35.2 Å². The van der Waals surface area contributed by atoms with Crippen molar-refractivity contribution in [1.82, 2.24) is 5.32 Å². The lowest BCUT2D eigenvalue weighted by atomic mass is 9.54. The van der Waals surface area contributed by atoms with Crippen molar-refractivity contribution in [2.45, 2.75) is 52.7 Å². The lowest BCUT2D eigenvalue weighted by Crippen LogP contribution is -2.76. The normalized spacial score (nSPS) is 25.5. The number of amides is 1. The fraction of sp³-hybridized carbons (Fsp3) is 0.556. The van der Waals surface area contributed by atoms with Gasteiger partial charge in [0.25, 0.3) is 5.91 Å². The van der Waals surface area contributed by atoms with Crippen LogP contribution in [0.3, 0.4) is 0 Å². The van der Waals surface area contributed by atoms with E-state index in [1.165, 1.54) is 0 Å². The Morgan fingerprint density at radius 2 is 2.00 bits per heavy atom. The molecular formula is C18H25NO4. The third kappa shape index (κ3) is 2.63. The van der Waals surface area contributed by atoms with E-state index in [9.17, 15) is 14.7 Å². The van der Waals surface area contributed by atoms with Crippen molar-refractivity contribution in [2.75, 3.05) is 6.61 Å². The van der Waals surface area contributed by atoms with Crippen molar-refractivity contribution < 1.29 is 19.4 Å². The Bertz CT molecular complexity index is 638. The zero-order valence-corrected chi connectivity index (χ0v) is 14.4. The van der Waals surface area contributed by atoms with Gasteiger partial charge in [-0.1, -0.05) is 26.0 Å². The molecule has 2 atom stereocenters. The number of rotatable bonds is 5. The van der Waals surface area contributed by atoms with Gasteiger partial charge in [0, 0.05) is 24.0 Å². The minimum Gasteiger partial charge on any atom is -0.479 e. The maximum absolute atomic E-state index is 12.7. The molecule has 0 spiro atoms. The number of carboxylic acid groups (broad SMARTS) is 1. The van der Waals surface area contributed by atoms with Crippen LogP contribution in [-0.2, 0) is 9.53 Å². The number of carbonyl (C=O) groups excluding carboxylic acids is 1. The standard InChI is InChI=1S/C18H25NO4/c1-6-23-14-10-18(16(21)22,17(14,4)5)19-15(20)13-9-7-8-11(2)12(13)3/h7-9,14H,6,10H2,1-5H3,(H,19,20)(H,21,22). The van der Waals surface area contributed by atoms with E-state index in [0.29, 0.717) is 12.2 Å². The number of benzene rings is 1. The third-order valence-corrected chi connectivity index (χ3v) is 5.31. The maximum atomic E-state index is 12.7. The molecule has 0 bridgehead atoms. The first-order chi connectivity index (χ1) is 10.7. The Morgan fingerprint density at radius 3 is 2.52 bits per heavy atom. The van der Waals surface area contributed by atoms with Crippen LogP contribution in [0.25, 0.3) is 0 Å². The number of hydrogen-bond acceptors (Lipinski definition) is 3. The first-order valence-electron chi connectivity index (χ1n) is 7.91. The van der Waals surface area contributed by atoms with E-state index in [0.717, 1.165) is 11.1 Å². The smallest absolute Gasteiger partial charge is 0.330 e. The molecule has 0 saturated heterocycles. The van der Waals surface area contributed by atoms with Crippen LogP contribution in [0.4, 0.5) is 0 Å². The van der Waals surface area contributed by atoms with Gasteiger partial charge >= 0.3 is 5.97 Å². The van der Waals surface area contributed by atoms with Gasteiger partial charge in [0.2, 0.25) is 0 Å². The average molecular weight is 319 g/mol. The van der Waals surface area contributed by atoms with E-state index in [1.54, 1.807) is 12.1 Å². The zero-order valence-electron chi connectivity index (χ0n) is 14.4. The number of aliphatic carboxylic acids is 1. The highest BCUT2D eigenvalue weighted by Gasteiger charge is 2.66. The van der Waals surface area contributed by atoms with Crippen molar-refractivity contribution in [2.24, 2.45) is 5.41 Å². The molecule has 0 aromatic heterocycles. The summed E-state index contributed by atoms with van der Waals surface area (Å²) in [4.78, 5) is 24.6. The van der Waals surface area contributed by atoms with Gasteiger partial charge in [-0.15, -0.1) is 0 Å². The quantitative estimate of drug-likeness (QED) is 0.875. The van der Waals surface area contributed by atoms with Gasteiger partial charge < -0.3 is 15.2 Å². The summed E-state index contributed by atoms with van der Waals surface area (Å²) < 4.78 is 5.61. The number of ether oxygens (including phenoxy) is 1. The Labute approximate surface area is 137 Å². The second kappa shape index (κ2) is 5.96. The summed E-state index contributed by atoms with van der Waals surface area (Å²) in [5.41, 5.74) is 0.398. The molecule has 0 radical (unpaired) electrons. The first-order valence-corrected chi connectivity index (χ1v) is 7.91. The molecule has 1 aliphatic rings. The van der Waals surface area contributed by atoms with E-state index in [4.69, 9.17) is 4.74 Å². The third-order valence-electron chi connectivity index (χ3n) is 5.31. The Morgan fingerprint density at radius 1 is 1.35 bits per heavy atom. The van der Waals surface area contributed by atoms with Crippen molar-refractivity contribution in [3.63, 3.8) is 0 Å². The molecule has 2 unspecified atom stereocenters. The van der Waals surface area contributed by atoms with Crippen LogP contribution in [0.5, 0.6) is 0 Å². The van der Waals surface area contributed by atoms with Crippen LogP contribution < -0.4 is 5.32 Å². The van der Waals surface area contributed by atoms with Crippen molar-refractivity contribution in [3.05, 3.63) is 34.9 Å². The van der Waals surface area contributed by atoms with Gasteiger partial charge in [0.05, 0.1) is 6.10 Å². The highest BCUT2D eigenvalue weighted by atomic mass is 16.5. The van der Waals surface area contributed by atoms with Crippen molar-refractivity contribution in [1.29, 1.82) is 0 Å². The lowest BCUT2D eigenvalue weighted by molar-refractivity contribution is -0.190. The molecule has 1 aromatic rings. The molecule has 1 saturated carbocycles. The molecule has 5 nitrogen and oxygen atoms in total. The monoisotopic (exact) mass is 319 g/mol. The van der Waals surface area contributed by atoms with Gasteiger partial charge in [-0.25, -0.2) is 4.79 Å². The fourth-order valence-corrected chi connectivity index (χ4v) is 3.30. The predicted molar refractivity (Wildman–Crippen MR) is 87.6 cm³/mol. The molecule has 0 heterocycles. The summed E-state index contributed by atoms with van der Waals surface area (Å²) in [7, 11) is 0. The first kappa shape index (κ1) is 17.5. The number of aryl methyl sites for hydroxylation is 1. The van der Waals surface area contributed by atoms with Crippen LogP contribution in [0, 0.1) is 19.3 Å². The molecule has 126 valence electrons. The molecular weight excluding hydrogens is 294 g/mol. The second-order valence-corrected chi connectivity index (χ2v) is 6.78. The van der Waals surface area contributed by atoms with Gasteiger partial charge in [-0.3, -0.25) is 4.79 Å². The predicted octanol–water partition coefficient (Wildman–Crippen LogP) is 2.69. The summed E-state index contributed by atoms with van der Waals surface area (Å²) in [6.45, 7) is 9.85. The van der Waals surface area contributed by atoms with E-state index < -0.39 is 16.9 Å². The van der Waals surface area contributed by atoms with E-state index in [2.05, 4.69) is 5.32 Å². The number of carbonyl (C=O) groups is 2. The SMILES string of the molecule is CCOC1CC(NC(=O)c2cccc(C)c2C)(C(=O)O)C1(C)C. The van der Waals surface area contributed by atoms with E-state index in [-0.39, 0.29) is 18.4 Å². The van der Waals surface area contributed by atoms with Crippen LogP contribution in [0.2, 0.25) is 0 Å². The highest BCUT2D eigenvalue weighted by Crippen LogP contribution is 2.51. The van der Waals surface area contributed by atoms with Gasteiger partial charge in [-0.2, -0.15) is 0 Å². The average Bonchev–Trinajstić information content (AvgIpc) is 2.48. The molecule has 1 amide bonds. The van der Waals surface area contributed by atoms with E-state index in [1.807, 2.05) is 40.7 Å². The van der Waals surface area contributed by atoms with Crippen LogP contribution in [0.1, 0.15) is 48.7 Å². The van der Waals surface area contributed by atoms with Gasteiger partial charge in [0.1, 0.15) is 5.54 Å². The summed E-state index contributed by atoms with van der Waals surface area (Å²) in [6, 6.07) is 5.45. The lowest BCUT2D eigenvalue weighted by Gasteiger charge is -2.58. The minimum atomic E-state index is -1.31. The Kier molecular flexibility index (Phi) is 4.53. The molecule has 5 heteroatoms. The highest BCUT2D eigenvalue weighted by molar-refractivity contribution is 6.00. The number of hydrogen-bond donors (Lipinski definition) is 2. The molecule has 1 aromatic carbocycles. The Balaban J connectivity index is 2.30. The topological polar surface area (TPSA) is 75.6 Å². The van der Waals surface area contributed by atoms with Gasteiger partial charge in [-0.05, 0) is 38.0 Å². The van der Waals surface area contributed by atoms with Crippen molar-refractivity contribution in [3.8, 4) is 0 Å². The number of nitrogens with one attached hydrogen (secondary N) is 1. The zero-order chi connectivity index (χ0) is 17.4. The van der Waals surface area contributed by atoms with E-state index >= 15 is 0 Å². The summed E-state index contributed by atoms with van der Waals surface area (Å²) >= 11 is 0. The molecule has 1 fully saturated rings. The maximum Gasteiger partial charge on any atom is 0.330 e. The molecule has 2 rings (SSSR count). The van der Waals surface area contributed by atoms with Crippen LogP contribution >= 0.6 is 0 Å². The summed E-state index contributed by atoms with van der Waals surface area (Å²) in [5, 5.41) is 12.5.